The van der Waals surface area contributed by atoms with Gasteiger partial charge in [-0.25, -0.2) is 0 Å². The number of nitrogens with one attached hydrogen (secondary N) is 1. The Morgan fingerprint density at radius 2 is 2.11 bits per heavy atom. The Balaban J connectivity index is 2.53. The minimum Gasteiger partial charge on any atom is -0.392 e. The normalized spacial score (nSPS) is 14.8. The number of halogens is 1. The summed E-state index contributed by atoms with van der Waals surface area (Å²) in [6.45, 7) is 7.45. The Kier molecular flexibility index (Phi) is 6.12. The lowest BCUT2D eigenvalue weighted by Crippen LogP contribution is -2.31. The third kappa shape index (κ3) is 3.70. The second kappa shape index (κ2) is 7.12. The van der Waals surface area contributed by atoms with Gasteiger partial charge in [0, 0.05) is 25.7 Å². The standard InChI is InChI=1S/C13H24ClN3O/c1-5-9(3)12(18)8-15-7-10-11(6-2)16-17(4)13(10)14/h9,12,15,18H,5-8H2,1-4H3. The summed E-state index contributed by atoms with van der Waals surface area (Å²) in [6, 6.07) is 0. The second-order valence-corrected chi connectivity index (χ2v) is 5.14. The molecule has 0 saturated carbocycles. The average Bonchev–Trinajstić information content (AvgIpc) is 2.65. The van der Waals surface area contributed by atoms with Gasteiger partial charge in [0.1, 0.15) is 5.15 Å². The van der Waals surface area contributed by atoms with Crippen LogP contribution in [0.2, 0.25) is 5.15 Å². The van der Waals surface area contributed by atoms with Crippen LogP contribution in [0.1, 0.15) is 38.4 Å². The van der Waals surface area contributed by atoms with Crippen molar-refractivity contribution in [2.45, 2.75) is 46.3 Å². The molecule has 4 nitrogen and oxygen atoms in total. The Labute approximate surface area is 114 Å². The van der Waals surface area contributed by atoms with E-state index in [0.717, 1.165) is 24.1 Å². The van der Waals surface area contributed by atoms with E-state index in [0.29, 0.717) is 24.2 Å². The van der Waals surface area contributed by atoms with Gasteiger partial charge in [-0.3, -0.25) is 4.68 Å². The van der Waals surface area contributed by atoms with Crippen LogP contribution in [-0.2, 0) is 20.0 Å². The molecule has 5 heteroatoms. The van der Waals surface area contributed by atoms with Gasteiger partial charge in [-0.1, -0.05) is 38.8 Å². The quantitative estimate of drug-likeness (QED) is 0.800. The van der Waals surface area contributed by atoms with E-state index in [4.69, 9.17) is 11.6 Å². The van der Waals surface area contributed by atoms with Crippen molar-refractivity contribution in [2.75, 3.05) is 6.54 Å². The number of aliphatic hydroxyl groups is 1. The van der Waals surface area contributed by atoms with Crippen LogP contribution in [0, 0.1) is 5.92 Å². The van der Waals surface area contributed by atoms with Crippen molar-refractivity contribution in [3.05, 3.63) is 16.4 Å². The van der Waals surface area contributed by atoms with E-state index in [1.54, 1.807) is 4.68 Å². The third-order valence-electron chi connectivity index (χ3n) is 3.44. The summed E-state index contributed by atoms with van der Waals surface area (Å²) in [7, 11) is 1.85. The highest BCUT2D eigenvalue weighted by atomic mass is 35.5. The van der Waals surface area contributed by atoms with Crippen molar-refractivity contribution in [3.8, 4) is 0 Å². The summed E-state index contributed by atoms with van der Waals surface area (Å²) in [4.78, 5) is 0. The first kappa shape index (κ1) is 15.5. The minimum absolute atomic E-state index is 0.310. The molecule has 0 fully saturated rings. The fourth-order valence-electron chi connectivity index (χ4n) is 1.88. The molecule has 1 heterocycles. The smallest absolute Gasteiger partial charge is 0.131 e. The number of hydrogen-bond donors (Lipinski definition) is 2. The summed E-state index contributed by atoms with van der Waals surface area (Å²) in [5.41, 5.74) is 2.06. The monoisotopic (exact) mass is 273 g/mol. The van der Waals surface area contributed by atoms with Gasteiger partial charge in [0.05, 0.1) is 11.8 Å². The minimum atomic E-state index is -0.310. The van der Waals surface area contributed by atoms with E-state index in [9.17, 15) is 5.11 Å². The van der Waals surface area contributed by atoms with Crippen LogP contribution in [0.3, 0.4) is 0 Å². The molecule has 0 radical (unpaired) electrons. The molecule has 104 valence electrons. The van der Waals surface area contributed by atoms with Crippen LogP contribution in [0.4, 0.5) is 0 Å². The molecular formula is C13H24ClN3O. The fourth-order valence-corrected chi connectivity index (χ4v) is 2.09. The molecule has 18 heavy (non-hydrogen) atoms. The molecule has 1 rings (SSSR count). The van der Waals surface area contributed by atoms with Crippen LogP contribution in [0.5, 0.6) is 0 Å². The van der Waals surface area contributed by atoms with Crippen LogP contribution in [0.25, 0.3) is 0 Å². The number of hydrogen-bond acceptors (Lipinski definition) is 3. The van der Waals surface area contributed by atoms with Gasteiger partial charge in [0.15, 0.2) is 0 Å². The van der Waals surface area contributed by atoms with Gasteiger partial charge < -0.3 is 10.4 Å². The van der Waals surface area contributed by atoms with Gasteiger partial charge in [-0.15, -0.1) is 0 Å². The lowest BCUT2D eigenvalue weighted by atomic mass is 10.0. The van der Waals surface area contributed by atoms with Gasteiger partial charge in [-0.05, 0) is 12.3 Å². The topological polar surface area (TPSA) is 50.1 Å². The molecule has 0 saturated heterocycles. The van der Waals surface area contributed by atoms with Crippen molar-refractivity contribution in [1.82, 2.24) is 15.1 Å². The Morgan fingerprint density at radius 3 is 2.67 bits per heavy atom. The molecule has 2 atom stereocenters. The highest BCUT2D eigenvalue weighted by Crippen LogP contribution is 2.19. The highest BCUT2D eigenvalue weighted by molar-refractivity contribution is 6.30. The van der Waals surface area contributed by atoms with Crippen molar-refractivity contribution in [2.24, 2.45) is 13.0 Å². The zero-order valence-corrected chi connectivity index (χ0v) is 12.5. The number of nitrogens with zero attached hydrogens (tertiary/aromatic N) is 2. The van der Waals surface area contributed by atoms with Crippen LogP contribution in [-0.4, -0.2) is 27.5 Å². The maximum absolute atomic E-state index is 9.88. The van der Waals surface area contributed by atoms with Crippen molar-refractivity contribution in [1.29, 1.82) is 0 Å². The molecule has 0 aliphatic carbocycles. The van der Waals surface area contributed by atoms with Gasteiger partial charge in [0.25, 0.3) is 0 Å². The zero-order chi connectivity index (χ0) is 13.7. The predicted molar refractivity (Wildman–Crippen MR) is 74.8 cm³/mol. The summed E-state index contributed by atoms with van der Waals surface area (Å²) < 4.78 is 1.70. The number of aryl methyl sites for hydroxylation is 2. The van der Waals surface area contributed by atoms with Crippen LogP contribution < -0.4 is 5.32 Å². The van der Waals surface area contributed by atoms with Crippen molar-refractivity contribution in [3.63, 3.8) is 0 Å². The molecule has 2 unspecified atom stereocenters. The predicted octanol–water partition coefficient (Wildman–Crippen LogP) is 2.13. The first-order valence-corrected chi connectivity index (χ1v) is 6.98. The molecular weight excluding hydrogens is 250 g/mol. The largest absolute Gasteiger partial charge is 0.392 e. The first-order chi connectivity index (χ1) is 8.51. The van der Waals surface area contributed by atoms with E-state index in [-0.39, 0.29) is 6.10 Å². The summed E-state index contributed by atoms with van der Waals surface area (Å²) in [5, 5.41) is 18.2. The van der Waals surface area contributed by atoms with Gasteiger partial charge in [0.2, 0.25) is 0 Å². The molecule has 2 N–H and O–H groups in total. The van der Waals surface area contributed by atoms with Gasteiger partial charge in [-0.2, -0.15) is 5.10 Å². The Hall–Kier alpha value is -0.580. The Bertz CT molecular complexity index is 379. The lowest BCUT2D eigenvalue weighted by molar-refractivity contribution is 0.113. The first-order valence-electron chi connectivity index (χ1n) is 6.60. The second-order valence-electron chi connectivity index (χ2n) is 4.78. The van der Waals surface area contributed by atoms with Crippen molar-refractivity contribution >= 4 is 11.6 Å². The Morgan fingerprint density at radius 1 is 1.44 bits per heavy atom. The number of aliphatic hydroxyl groups excluding tert-OH is 1. The third-order valence-corrected chi connectivity index (χ3v) is 3.92. The fraction of sp³-hybridized carbons (Fsp3) is 0.769. The van der Waals surface area contributed by atoms with E-state index in [1.807, 2.05) is 7.05 Å². The molecule has 0 aliphatic heterocycles. The number of aromatic nitrogens is 2. The zero-order valence-electron chi connectivity index (χ0n) is 11.7. The molecule has 0 bridgehead atoms. The summed E-state index contributed by atoms with van der Waals surface area (Å²) >= 11 is 6.20. The maximum atomic E-state index is 9.88. The molecule has 0 amide bonds. The molecule has 0 spiro atoms. The number of rotatable bonds is 7. The SMILES string of the molecule is CCc1nn(C)c(Cl)c1CNCC(O)C(C)CC. The average molecular weight is 274 g/mol. The maximum Gasteiger partial charge on any atom is 0.131 e. The van der Waals surface area contributed by atoms with E-state index in [2.05, 4.69) is 31.2 Å². The molecule has 0 aliphatic rings. The van der Waals surface area contributed by atoms with Crippen LogP contribution >= 0.6 is 11.6 Å². The van der Waals surface area contributed by atoms with Gasteiger partial charge >= 0.3 is 0 Å². The molecule has 1 aromatic heterocycles. The summed E-state index contributed by atoms with van der Waals surface area (Å²) in [6.07, 6.45) is 1.54. The van der Waals surface area contributed by atoms with Crippen molar-refractivity contribution < 1.29 is 5.11 Å². The lowest BCUT2D eigenvalue weighted by Gasteiger charge is -2.17. The van der Waals surface area contributed by atoms with Crippen LogP contribution in [0.15, 0.2) is 0 Å². The molecule has 1 aromatic rings. The molecule has 0 aromatic carbocycles. The summed E-state index contributed by atoms with van der Waals surface area (Å²) in [5.74, 6) is 0.313. The van der Waals surface area contributed by atoms with E-state index in [1.165, 1.54) is 0 Å². The highest BCUT2D eigenvalue weighted by Gasteiger charge is 2.15. The van der Waals surface area contributed by atoms with E-state index < -0.39 is 0 Å². The van der Waals surface area contributed by atoms with E-state index >= 15 is 0 Å².